The molecule has 9 heteroatoms. The quantitative estimate of drug-likeness (QED) is 0.527. The Bertz CT molecular complexity index is 1210. The van der Waals surface area contributed by atoms with Crippen molar-refractivity contribution in [3.63, 3.8) is 0 Å². The van der Waals surface area contributed by atoms with Crippen molar-refractivity contribution in [1.82, 2.24) is 25.4 Å². The summed E-state index contributed by atoms with van der Waals surface area (Å²) in [6.07, 6.45) is 6.40. The van der Waals surface area contributed by atoms with Crippen molar-refractivity contribution < 1.29 is 14.0 Å². The highest BCUT2D eigenvalue weighted by molar-refractivity contribution is 5.91. The fourth-order valence-electron chi connectivity index (χ4n) is 6.79. The van der Waals surface area contributed by atoms with Gasteiger partial charge in [0.05, 0.1) is 5.92 Å². The number of hydrazone groups is 1. The fraction of sp³-hybridized carbons (Fsp3) is 0.516. The van der Waals surface area contributed by atoms with Crippen LogP contribution in [0.4, 0.5) is 4.39 Å². The molecule has 1 aliphatic carbocycles. The lowest BCUT2D eigenvalue weighted by Gasteiger charge is -2.50. The second-order valence-corrected chi connectivity index (χ2v) is 11.6. The number of fused-ring (bicyclic) bond motifs is 3. The van der Waals surface area contributed by atoms with E-state index in [-0.39, 0.29) is 41.9 Å². The normalized spacial score (nSPS) is 25.2. The van der Waals surface area contributed by atoms with E-state index in [1.165, 1.54) is 17.7 Å². The molecule has 6 rings (SSSR count). The molecule has 0 aromatic heterocycles. The standard InChI is InChI=1S/C31H39FN6O2/c32-24-12-10-23(11-13-24)21-37-30(40)26-8-4-5-9-27(26)38-28(34-35-31(37)38)14-15-29(39)33-25-16-18-36(19-17-25)20-22-6-2-1-3-7-22/h1-3,6-7,10-13,25-27,31,35H,4-5,8-9,14-21H2,(H,33,39). The Hall–Kier alpha value is -3.46. The Morgan fingerprint density at radius 2 is 1.68 bits per heavy atom. The van der Waals surface area contributed by atoms with E-state index in [0.717, 1.165) is 69.6 Å². The van der Waals surface area contributed by atoms with Gasteiger partial charge >= 0.3 is 0 Å². The number of hydrogen-bond acceptors (Lipinski definition) is 6. The van der Waals surface area contributed by atoms with Crippen molar-refractivity contribution in [2.75, 3.05) is 13.1 Å². The van der Waals surface area contributed by atoms with Crippen molar-refractivity contribution in [1.29, 1.82) is 0 Å². The highest BCUT2D eigenvalue weighted by Gasteiger charge is 2.50. The van der Waals surface area contributed by atoms with Gasteiger partial charge in [-0.15, -0.1) is 0 Å². The molecular formula is C31H39FN6O2. The van der Waals surface area contributed by atoms with Crippen LogP contribution >= 0.6 is 0 Å². The Balaban J connectivity index is 1.04. The van der Waals surface area contributed by atoms with Crippen molar-refractivity contribution in [3.05, 3.63) is 71.5 Å². The summed E-state index contributed by atoms with van der Waals surface area (Å²) in [7, 11) is 0. The van der Waals surface area contributed by atoms with Gasteiger partial charge in [-0.2, -0.15) is 5.10 Å². The number of benzene rings is 2. The van der Waals surface area contributed by atoms with E-state index in [9.17, 15) is 14.0 Å². The van der Waals surface area contributed by atoms with E-state index in [1.807, 2.05) is 11.0 Å². The van der Waals surface area contributed by atoms with E-state index < -0.39 is 0 Å². The van der Waals surface area contributed by atoms with Gasteiger partial charge in [0.25, 0.3) is 0 Å². The van der Waals surface area contributed by atoms with Gasteiger partial charge in [-0.1, -0.05) is 55.3 Å². The predicted octanol–water partition coefficient (Wildman–Crippen LogP) is 3.79. The fourth-order valence-corrected chi connectivity index (χ4v) is 6.79. The molecule has 2 aromatic carbocycles. The summed E-state index contributed by atoms with van der Waals surface area (Å²) in [5.74, 6) is 0.680. The third-order valence-corrected chi connectivity index (χ3v) is 8.90. The smallest absolute Gasteiger partial charge is 0.231 e. The number of amidine groups is 1. The summed E-state index contributed by atoms with van der Waals surface area (Å²) in [6, 6.07) is 17.1. The zero-order valence-electron chi connectivity index (χ0n) is 23.0. The van der Waals surface area contributed by atoms with Gasteiger partial charge in [0, 0.05) is 51.1 Å². The molecule has 3 atom stereocenters. The molecule has 2 saturated heterocycles. The number of amides is 2. The molecule has 40 heavy (non-hydrogen) atoms. The van der Waals surface area contributed by atoms with Crippen molar-refractivity contribution in [3.8, 4) is 0 Å². The summed E-state index contributed by atoms with van der Waals surface area (Å²) in [6.45, 7) is 3.30. The largest absolute Gasteiger partial charge is 0.353 e. The van der Waals surface area contributed by atoms with Gasteiger partial charge in [0.15, 0.2) is 6.29 Å². The monoisotopic (exact) mass is 546 g/mol. The van der Waals surface area contributed by atoms with E-state index >= 15 is 0 Å². The SMILES string of the molecule is O=C(CCC1=NNC2N(Cc3ccc(F)cc3)C(=O)C3CCCCC3N12)NC1CCN(Cc2ccccc2)CC1. The molecule has 0 bridgehead atoms. The molecule has 3 aliphatic heterocycles. The minimum Gasteiger partial charge on any atom is -0.353 e. The molecule has 0 radical (unpaired) electrons. The number of carbonyl (C=O) groups excluding carboxylic acids is 2. The predicted molar refractivity (Wildman–Crippen MR) is 151 cm³/mol. The van der Waals surface area contributed by atoms with Crippen LogP contribution in [0, 0.1) is 11.7 Å². The lowest BCUT2D eigenvalue weighted by Crippen LogP contribution is -2.67. The van der Waals surface area contributed by atoms with Crippen LogP contribution < -0.4 is 10.7 Å². The number of carbonyl (C=O) groups is 2. The number of nitrogens with zero attached hydrogens (tertiary/aromatic N) is 4. The highest BCUT2D eigenvalue weighted by Crippen LogP contribution is 2.38. The van der Waals surface area contributed by atoms with Crippen LogP contribution in [0.5, 0.6) is 0 Å². The van der Waals surface area contributed by atoms with Crippen LogP contribution in [-0.2, 0) is 22.7 Å². The third kappa shape index (κ3) is 5.84. The van der Waals surface area contributed by atoms with Gasteiger partial charge in [0.1, 0.15) is 11.7 Å². The number of rotatable bonds is 8. The third-order valence-electron chi connectivity index (χ3n) is 8.90. The van der Waals surface area contributed by atoms with Crippen molar-refractivity contribution in [2.45, 2.75) is 82.8 Å². The van der Waals surface area contributed by atoms with E-state index in [0.29, 0.717) is 19.4 Å². The second kappa shape index (κ2) is 12.0. The Morgan fingerprint density at radius 3 is 2.45 bits per heavy atom. The second-order valence-electron chi connectivity index (χ2n) is 11.6. The number of hydrogen-bond donors (Lipinski definition) is 2. The van der Waals surface area contributed by atoms with Crippen LogP contribution in [0.3, 0.4) is 0 Å². The zero-order chi connectivity index (χ0) is 27.5. The molecule has 4 aliphatic rings. The van der Waals surface area contributed by atoms with Gasteiger partial charge in [-0.25, -0.2) is 4.39 Å². The van der Waals surface area contributed by atoms with Crippen LogP contribution in [0.25, 0.3) is 0 Å². The molecule has 3 fully saturated rings. The first kappa shape index (κ1) is 26.7. The first-order valence-corrected chi connectivity index (χ1v) is 14.8. The van der Waals surface area contributed by atoms with Crippen LogP contribution in [-0.4, -0.2) is 63.8 Å². The number of likely N-dealkylation sites (tertiary alicyclic amines) is 1. The number of halogens is 1. The number of piperidine rings is 1. The molecule has 2 aromatic rings. The lowest BCUT2D eigenvalue weighted by atomic mass is 9.80. The van der Waals surface area contributed by atoms with Gasteiger partial charge in [-0.3, -0.25) is 24.8 Å². The molecule has 212 valence electrons. The molecule has 3 unspecified atom stereocenters. The topological polar surface area (TPSA) is 80.3 Å². The molecule has 2 amide bonds. The minimum atomic E-state index is -0.371. The van der Waals surface area contributed by atoms with Gasteiger partial charge < -0.3 is 10.2 Å². The van der Waals surface area contributed by atoms with Gasteiger partial charge in [0.2, 0.25) is 11.8 Å². The molecule has 2 N–H and O–H groups in total. The van der Waals surface area contributed by atoms with E-state index in [4.69, 9.17) is 0 Å². The summed E-state index contributed by atoms with van der Waals surface area (Å²) in [5.41, 5.74) is 5.40. The Morgan fingerprint density at radius 1 is 0.950 bits per heavy atom. The average molecular weight is 547 g/mol. The summed E-state index contributed by atoms with van der Waals surface area (Å²) < 4.78 is 13.5. The van der Waals surface area contributed by atoms with Crippen LogP contribution in [0.1, 0.15) is 62.5 Å². The zero-order valence-corrected chi connectivity index (χ0v) is 23.0. The van der Waals surface area contributed by atoms with Crippen molar-refractivity contribution >= 4 is 17.6 Å². The maximum Gasteiger partial charge on any atom is 0.231 e. The maximum absolute atomic E-state index is 13.6. The van der Waals surface area contributed by atoms with Crippen LogP contribution in [0.15, 0.2) is 59.7 Å². The summed E-state index contributed by atoms with van der Waals surface area (Å²) in [4.78, 5) is 33.1. The van der Waals surface area contributed by atoms with Crippen LogP contribution in [0.2, 0.25) is 0 Å². The highest BCUT2D eigenvalue weighted by atomic mass is 19.1. The molecule has 0 spiro atoms. The van der Waals surface area contributed by atoms with E-state index in [2.05, 4.69) is 49.9 Å². The Labute approximate surface area is 235 Å². The summed E-state index contributed by atoms with van der Waals surface area (Å²) in [5, 5.41) is 7.89. The molecule has 3 heterocycles. The molecular weight excluding hydrogens is 507 g/mol. The first-order chi connectivity index (χ1) is 19.5. The average Bonchev–Trinajstić information content (AvgIpc) is 3.41. The maximum atomic E-state index is 13.6. The molecule has 1 saturated carbocycles. The van der Waals surface area contributed by atoms with Crippen molar-refractivity contribution in [2.24, 2.45) is 11.0 Å². The molecule has 8 nitrogen and oxygen atoms in total. The van der Waals surface area contributed by atoms with Gasteiger partial charge in [-0.05, 0) is 48.9 Å². The van der Waals surface area contributed by atoms with E-state index in [1.54, 1.807) is 12.1 Å². The summed E-state index contributed by atoms with van der Waals surface area (Å²) >= 11 is 0. The first-order valence-electron chi connectivity index (χ1n) is 14.8. The Kier molecular flexibility index (Phi) is 8.00. The number of nitrogens with one attached hydrogen (secondary N) is 2. The minimum absolute atomic E-state index is 0.0594. The lowest BCUT2D eigenvalue weighted by molar-refractivity contribution is -0.156.